The van der Waals surface area contributed by atoms with Crippen molar-refractivity contribution in [2.24, 2.45) is 0 Å². The fourth-order valence-corrected chi connectivity index (χ4v) is 2.65. The van der Waals surface area contributed by atoms with E-state index in [9.17, 15) is 4.79 Å². The first kappa shape index (κ1) is 15.8. The van der Waals surface area contributed by atoms with E-state index in [0.717, 1.165) is 37.4 Å². The maximum Gasteiger partial charge on any atom is 0.338 e. The summed E-state index contributed by atoms with van der Waals surface area (Å²) in [5, 5.41) is 6.92. The van der Waals surface area contributed by atoms with Crippen molar-refractivity contribution in [3.05, 3.63) is 29.3 Å². The number of nitrogens with one attached hydrogen (secondary N) is 2. The van der Waals surface area contributed by atoms with Crippen LogP contribution in [-0.2, 0) is 9.47 Å². The third-order valence-corrected chi connectivity index (χ3v) is 3.78. The first-order valence-electron chi connectivity index (χ1n) is 7.37. The molecule has 5 heteroatoms. The van der Waals surface area contributed by atoms with Gasteiger partial charge in [0.25, 0.3) is 0 Å². The van der Waals surface area contributed by atoms with E-state index >= 15 is 0 Å². The average Bonchev–Trinajstić information content (AvgIpc) is 2.49. The summed E-state index contributed by atoms with van der Waals surface area (Å²) in [6, 6.07) is 6.31. The van der Waals surface area contributed by atoms with Gasteiger partial charge in [-0.15, -0.1) is 0 Å². The number of carbonyl (C=O) groups excluding carboxylic acids is 1. The highest BCUT2D eigenvalue weighted by atomic mass is 16.5. The van der Waals surface area contributed by atoms with E-state index in [1.165, 1.54) is 7.11 Å². The maximum atomic E-state index is 11.7. The molecule has 1 aliphatic heterocycles. The highest BCUT2D eigenvalue weighted by molar-refractivity contribution is 5.92. The second kappa shape index (κ2) is 7.43. The summed E-state index contributed by atoms with van der Waals surface area (Å²) in [6.07, 6.45) is 0.974. The number of esters is 1. The minimum absolute atomic E-state index is 0.288. The SMILES string of the molecule is COC(=O)c1cccc(NC(C)CC2COCCN2)c1C. The zero-order valence-corrected chi connectivity index (χ0v) is 12.9. The lowest BCUT2D eigenvalue weighted by atomic mass is 10.0. The van der Waals surface area contributed by atoms with Gasteiger partial charge >= 0.3 is 5.97 Å². The largest absolute Gasteiger partial charge is 0.465 e. The number of hydrogen-bond donors (Lipinski definition) is 2. The minimum atomic E-state index is -0.300. The molecule has 1 aliphatic rings. The molecule has 0 spiro atoms. The van der Waals surface area contributed by atoms with E-state index in [4.69, 9.17) is 9.47 Å². The molecule has 5 nitrogen and oxygen atoms in total. The lowest BCUT2D eigenvalue weighted by molar-refractivity contribution is 0.0600. The van der Waals surface area contributed by atoms with Gasteiger partial charge in [0.15, 0.2) is 0 Å². The van der Waals surface area contributed by atoms with Gasteiger partial charge in [0.1, 0.15) is 0 Å². The van der Waals surface area contributed by atoms with Crippen LogP contribution in [0.1, 0.15) is 29.3 Å². The Labute approximate surface area is 126 Å². The number of morpholine rings is 1. The molecule has 1 aromatic carbocycles. The third-order valence-electron chi connectivity index (χ3n) is 3.78. The van der Waals surface area contributed by atoms with Crippen LogP contribution in [0.4, 0.5) is 5.69 Å². The zero-order chi connectivity index (χ0) is 15.2. The van der Waals surface area contributed by atoms with E-state index in [1.807, 2.05) is 19.1 Å². The van der Waals surface area contributed by atoms with Crippen molar-refractivity contribution in [3.63, 3.8) is 0 Å². The molecule has 1 aromatic rings. The summed E-state index contributed by atoms with van der Waals surface area (Å²) in [5.41, 5.74) is 2.50. The first-order chi connectivity index (χ1) is 10.1. The number of hydrogen-bond acceptors (Lipinski definition) is 5. The normalized spacial score (nSPS) is 19.9. The number of anilines is 1. The number of benzene rings is 1. The smallest absolute Gasteiger partial charge is 0.338 e. The molecule has 2 rings (SSSR count). The lowest BCUT2D eigenvalue weighted by Gasteiger charge is -2.27. The molecular formula is C16H24N2O3. The summed E-state index contributed by atoms with van der Waals surface area (Å²) in [5.74, 6) is -0.300. The maximum absolute atomic E-state index is 11.7. The Hall–Kier alpha value is -1.59. The number of carbonyl (C=O) groups is 1. The van der Waals surface area contributed by atoms with Crippen molar-refractivity contribution in [2.45, 2.75) is 32.4 Å². The third kappa shape index (κ3) is 4.19. The fourth-order valence-electron chi connectivity index (χ4n) is 2.65. The van der Waals surface area contributed by atoms with Crippen LogP contribution in [-0.4, -0.2) is 44.9 Å². The number of ether oxygens (including phenoxy) is 2. The quantitative estimate of drug-likeness (QED) is 0.813. The molecule has 0 saturated carbocycles. The molecule has 2 N–H and O–H groups in total. The molecule has 2 atom stereocenters. The van der Waals surface area contributed by atoms with Crippen LogP contribution in [0.25, 0.3) is 0 Å². The molecule has 116 valence electrons. The highest BCUT2D eigenvalue weighted by Gasteiger charge is 2.17. The van der Waals surface area contributed by atoms with Crippen LogP contribution in [0, 0.1) is 6.92 Å². The van der Waals surface area contributed by atoms with Crippen molar-refractivity contribution in [1.29, 1.82) is 0 Å². The predicted molar refractivity (Wildman–Crippen MR) is 82.8 cm³/mol. The Morgan fingerprint density at radius 1 is 1.57 bits per heavy atom. The summed E-state index contributed by atoms with van der Waals surface area (Å²) < 4.78 is 10.3. The van der Waals surface area contributed by atoms with Crippen LogP contribution < -0.4 is 10.6 Å². The first-order valence-corrected chi connectivity index (χ1v) is 7.37. The highest BCUT2D eigenvalue weighted by Crippen LogP contribution is 2.21. The van der Waals surface area contributed by atoms with Gasteiger partial charge in [-0.05, 0) is 38.0 Å². The standard InChI is InChI=1S/C16H24N2O3/c1-11(9-13-10-21-8-7-17-13)18-15-6-4-5-14(12(15)2)16(19)20-3/h4-6,11,13,17-18H,7-10H2,1-3H3. The molecule has 1 saturated heterocycles. The Balaban J connectivity index is 1.99. The van der Waals surface area contributed by atoms with Gasteiger partial charge in [0.05, 0.1) is 25.9 Å². The lowest BCUT2D eigenvalue weighted by Crippen LogP contribution is -2.43. The number of methoxy groups -OCH3 is 1. The molecule has 1 fully saturated rings. The molecule has 0 aliphatic carbocycles. The second-order valence-corrected chi connectivity index (χ2v) is 5.48. The molecule has 1 heterocycles. The van der Waals surface area contributed by atoms with Crippen LogP contribution in [0.2, 0.25) is 0 Å². The van der Waals surface area contributed by atoms with E-state index in [0.29, 0.717) is 11.6 Å². The summed E-state index contributed by atoms with van der Waals surface area (Å²) >= 11 is 0. The van der Waals surface area contributed by atoms with Gasteiger partial charge in [-0.1, -0.05) is 6.07 Å². The van der Waals surface area contributed by atoms with Crippen molar-refractivity contribution >= 4 is 11.7 Å². The molecule has 0 radical (unpaired) electrons. The van der Waals surface area contributed by atoms with Crippen LogP contribution in [0.15, 0.2) is 18.2 Å². The Bertz CT molecular complexity index is 484. The molecule has 2 unspecified atom stereocenters. The van der Waals surface area contributed by atoms with Gasteiger partial charge in [0.2, 0.25) is 0 Å². The fraction of sp³-hybridized carbons (Fsp3) is 0.562. The van der Waals surface area contributed by atoms with Gasteiger partial charge in [-0.3, -0.25) is 0 Å². The minimum Gasteiger partial charge on any atom is -0.465 e. The topological polar surface area (TPSA) is 59.6 Å². The molecule has 0 aromatic heterocycles. The van der Waals surface area contributed by atoms with Crippen molar-refractivity contribution < 1.29 is 14.3 Å². The van der Waals surface area contributed by atoms with E-state index in [-0.39, 0.29) is 12.0 Å². The number of rotatable bonds is 5. The van der Waals surface area contributed by atoms with E-state index < -0.39 is 0 Å². The van der Waals surface area contributed by atoms with Gasteiger partial charge in [0, 0.05) is 24.3 Å². The summed E-state index contributed by atoms with van der Waals surface area (Å²) in [7, 11) is 1.40. The van der Waals surface area contributed by atoms with E-state index in [1.54, 1.807) is 6.07 Å². The Morgan fingerprint density at radius 2 is 2.38 bits per heavy atom. The molecule has 0 amide bonds. The molecular weight excluding hydrogens is 268 g/mol. The Morgan fingerprint density at radius 3 is 3.05 bits per heavy atom. The summed E-state index contributed by atoms with van der Waals surface area (Å²) in [6.45, 7) is 6.53. The van der Waals surface area contributed by atoms with Crippen LogP contribution in [0.5, 0.6) is 0 Å². The van der Waals surface area contributed by atoms with Gasteiger partial charge < -0.3 is 20.1 Å². The van der Waals surface area contributed by atoms with Crippen molar-refractivity contribution in [3.8, 4) is 0 Å². The molecule has 21 heavy (non-hydrogen) atoms. The van der Waals surface area contributed by atoms with E-state index in [2.05, 4.69) is 17.6 Å². The van der Waals surface area contributed by atoms with Crippen LogP contribution in [0.3, 0.4) is 0 Å². The summed E-state index contributed by atoms with van der Waals surface area (Å²) in [4.78, 5) is 11.7. The van der Waals surface area contributed by atoms with Crippen LogP contribution >= 0.6 is 0 Å². The van der Waals surface area contributed by atoms with Gasteiger partial charge in [-0.25, -0.2) is 4.79 Å². The average molecular weight is 292 g/mol. The zero-order valence-electron chi connectivity index (χ0n) is 12.9. The molecule has 0 bridgehead atoms. The van der Waals surface area contributed by atoms with Crippen molar-refractivity contribution in [2.75, 3.05) is 32.2 Å². The van der Waals surface area contributed by atoms with Gasteiger partial charge in [-0.2, -0.15) is 0 Å². The second-order valence-electron chi connectivity index (χ2n) is 5.48. The predicted octanol–water partition coefficient (Wildman–Crippen LogP) is 1.96. The van der Waals surface area contributed by atoms with Crippen molar-refractivity contribution in [1.82, 2.24) is 5.32 Å². The monoisotopic (exact) mass is 292 g/mol. The Kier molecular flexibility index (Phi) is 5.59.